The van der Waals surface area contributed by atoms with Crippen LogP contribution in [-0.4, -0.2) is 82.6 Å². The van der Waals surface area contributed by atoms with E-state index in [1.165, 1.54) is 6.92 Å². The molecule has 1 aliphatic heterocycles. The number of carbonyl (C=O) groups excluding carboxylic acids is 2. The lowest BCUT2D eigenvalue weighted by Crippen LogP contribution is -2.63. The second-order valence-corrected chi connectivity index (χ2v) is 4.88. The fourth-order valence-electron chi connectivity index (χ4n) is 2.23. The Balaban J connectivity index is 2.96. The van der Waals surface area contributed by atoms with E-state index in [1.54, 1.807) is 0 Å². The molecule has 1 amide bonds. The summed E-state index contributed by atoms with van der Waals surface area (Å²) in [6.07, 6.45) is -6.87. The maximum atomic E-state index is 11.5. The van der Waals surface area contributed by atoms with Crippen LogP contribution in [0.1, 0.15) is 13.3 Å². The molecule has 0 bridgehead atoms. The van der Waals surface area contributed by atoms with Crippen molar-refractivity contribution >= 4 is 11.9 Å². The van der Waals surface area contributed by atoms with Gasteiger partial charge in [-0.3, -0.25) is 4.79 Å². The average Bonchev–Trinajstić information content (AvgIpc) is 2.46. The molecule has 0 aliphatic carbocycles. The second-order valence-electron chi connectivity index (χ2n) is 4.88. The summed E-state index contributed by atoms with van der Waals surface area (Å²) in [5, 5.41) is 40.8. The Labute approximate surface area is 121 Å². The smallest absolute Gasteiger partial charge is 0.335 e. The predicted octanol–water partition coefficient (Wildman–Crippen LogP) is -3.10. The number of carbonyl (C=O) groups is 2. The minimum atomic E-state index is -1.60. The number of amides is 1. The van der Waals surface area contributed by atoms with Crippen molar-refractivity contribution in [3.05, 3.63) is 0 Å². The van der Waals surface area contributed by atoms with Gasteiger partial charge in [0.1, 0.15) is 18.3 Å². The lowest BCUT2D eigenvalue weighted by Gasteiger charge is -2.41. The summed E-state index contributed by atoms with van der Waals surface area (Å²) in [7, 11) is 1.14. The second kappa shape index (κ2) is 7.66. The molecule has 0 radical (unpaired) electrons. The predicted molar refractivity (Wildman–Crippen MR) is 68.0 cm³/mol. The molecule has 0 unspecified atom stereocenters. The highest BCUT2D eigenvalue weighted by Crippen LogP contribution is 2.25. The van der Waals surface area contributed by atoms with Crippen LogP contribution in [0.15, 0.2) is 0 Å². The molecule has 9 nitrogen and oxygen atoms in total. The van der Waals surface area contributed by atoms with Crippen molar-refractivity contribution in [2.45, 2.75) is 49.9 Å². The highest BCUT2D eigenvalue weighted by molar-refractivity contribution is 5.75. The van der Waals surface area contributed by atoms with Crippen molar-refractivity contribution in [1.82, 2.24) is 5.32 Å². The van der Waals surface area contributed by atoms with Gasteiger partial charge in [-0.25, -0.2) is 4.79 Å². The zero-order valence-corrected chi connectivity index (χ0v) is 11.8. The third-order valence-corrected chi connectivity index (χ3v) is 3.30. The van der Waals surface area contributed by atoms with Gasteiger partial charge in [-0.2, -0.15) is 0 Å². The zero-order chi connectivity index (χ0) is 16.2. The van der Waals surface area contributed by atoms with Crippen LogP contribution < -0.4 is 5.32 Å². The molecular formula is C12H21NO8. The van der Waals surface area contributed by atoms with Gasteiger partial charge < -0.3 is 35.2 Å². The van der Waals surface area contributed by atoms with Crippen molar-refractivity contribution in [2.75, 3.05) is 13.7 Å². The first-order chi connectivity index (χ1) is 9.81. The first-order valence-electron chi connectivity index (χ1n) is 6.47. The molecule has 0 spiro atoms. The van der Waals surface area contributed by atoms with Crippen molar-refractivity contribution in [3.8, 4) is 0 Å². The minimum absolute atomic E-state index is 0.129. The van der Waals surface area contributed by atoms with Crippen LogP contribution in [0.25, 0.3) is 0 Å². The number of hydrogen-bond acceptors (Lipinski definition) is 8. The van der Waals surface area contributed by atoms with Gasteiger partial charge in [0.2, 0.25) is 5.91 Å². The molecule has 6 atom stereocenters. The van der Waals surface area contributed by atoms with E-state index in [-0.39, 0.29) is 6.42 Å². The van der Waals surface area contributed by atoms with Gasteiger partial charge in [0.25, 0.3) is 0 Å². The summed E-state index contributed by atoms with van der Waals surface area (Å²) in [4.78, 5) is 22.7. The third-order valence-electron chi connectivity index (χ3n) is 3.30. The van der Waals surface area contributed by atoms with Gasteiger partial charge in [-0.05, 0) is 0 Å². The number of methoxy groups -OCH3 is 1. The maximum Gasteiger partial charge on any atom is 0.335 e. The van der Waals surface area contributed by atoms with Crippen LogP contribution in [0.2, 0.25) is 0 Å². The highest BCUT2D eigenvalue weighted by Gasteiger charge is 2.46. The Kier molecular flexibility index (Phi) is 6.49. The van der Waals surface area contributed by atoms with Gasteiger partial charge >= 0.3 is 5.97 Å². The number of rotatable bonds is 5. The summed E-state index contributed by atoms with van der Waals surface area (Å²) >= 11 is 0. The van der Waals surface area contributed by atoms with Crippen molar-refractivity contribution in [2.24, 2.45) is 0 Å². The van der Waals surface area contributed by atoms with Crippen LogP contribution in [-0.2, 0) is 19.1 Å². The molecule has 21 heavy (non-hydrogen) atoms. The summed E-state index contributed by atoms with van der Waals surface area (Å²) in [6.45, 7) is 0.470. The highest BCUT2D eigenvalue weighted by atomic mass is 16.6. The molecule has 0 aromatic carbocycles. The molecule has 1 saturated heterocycles. The van der Waals surface area contributed by atoms with E-state index in [0.29, 0.717) is 0 Å². The Hall–Kier alpha value is -1.26. The van der Waals surface area contributed by atoms with Crippen molar-refractivity contribution in [1.29, 1.82) is 0 Å². The van der Waals surface area contributed by atoms with E-state index < -0.39 is 55.0 Å². The van der Waals surface area contributed by atoms with Gasteiger partial charge in [0.05, 0.1) is 25.9 Å². The number of hydrogen-bond donors (Lipinski definition) is 5. The van der Waals surface area contributed by atoms with Gasteiger partial charge in [0.15, 0.2) is 6.10 Å². The van der Waals surface area contributed by atoms with E-state index in [4.69, 9.17) is 9.84 Å². The number of ether oxygens (including phenoxy) is 2. The van der Waals surface area contributed by atoms with Crippen molar-refractivity contribution < 1.29 is 39.5 Å². The van der Waals surface area contributed by atoms with Crippen LogP contribution in [0.5, 0.6) is 0 Å². The quantitative estimate of drug-likeness (QED) is 0.336. The molecular weight excluding hydrogens is 286 g/mol. The Morgan fingerprint density at radius 2 is 2.05 bits per heavy atom. The van der Waals surface area contributed by atoms with Crippen LogP contribution in [0.3, 0.4) is 0 Å². The first kappa shape index (κ1) is 17.8. The van der Waals surface area contributed by atoms with Gasteiger partial charge in [-0.15, -0.1) is 0 Å². The molecule has 122 valence electrons. The largest absolute Gasteiger partial charge is 0.467 e. The zero-order valence-electron chi connectivity index (χ0n) is 11.8. The van der Waals surface area contributed by atoms with Gasteiger partial charge in [0, 0.05) is 13.3 Å². The first-order valence-corrected chi connectivity index (χ1v) is 6.47. The summed E-state index contributed by atoms with van der Waals surface area (Å²) in [5.74, 6) is -1.22. The molecule has 0 aromatic rings. The molecule has 1 heterocycles. The fraction of sp³-hybridized carbons (Fsp3) is 0.833. The minimum Gasteiger partial charge on any atom is -0.467 e. The molecule has 9 heteroatoms. The number of aliphatic hydroxyl groups excluding tert-OH is 4. The fourth-order valence-corrected chi connectivity index (χ4v) is 2.23. The van der Waals surface area contributed by atoms with Crippen molar-refractivity contribution in [3.63, 3.8) is 0 Å². The van der Waals surface area contributed by atoms with Crippen LogP contribution >= 0.6 is 0 Å². The molecule has 5 N–H and O–H groups in total. The number of nitrogens with one attached hydrogen (secondary N) is 1. The standard InChI is InChI=1S/C12H21NO8/c1-5(15)13-9-6(16)3-8(12(19)20-2)21-11(9)10(18)7(17)4-14/h6-11,14,16-18H,3-4H2,1-2H3,(H,13,15)/t6-,7+,8-,9+,10+,11+/m0/s1. The molecule has 0 saturated carbocycles. The third kappa shape index (κ3) is 4.35. The summed E-state index contributed by atoms with van der Waals surface area (Å²) in [5.41, 5.74) is 0. The van der Waals surface area contributed by atoms with Crippen LogP contribution in [0, 0.1) is 0 Å². The molecule has 1 fully saturated rings. The van der Waals surface area contributed by atoms with Crippen LogP contribution in [0.4, 0.5) is 0 Å². The van der Waals surface area contributed by atoms with Gasteiger partial charge in [-0.1, -0.05) is 0 Å². The Morgan fingerprint density at radius 1 is 1.43 bits per heavy atom. The monoisotopic (exact) mass is 307 g/mol. The topological polar surface area (TPSA) is 146 Å². The Bertz CT molecular complexity index is 376. The molecule has 0 aromatic heterocycles. The number of esters is 1. The van der Waals surface area contributed by atoms with E-state index in [1.807, 2.05) is 0 Å². The summed E-state index contributed by atoms with van der Waals surface area (Å²) < 4.78 is 9.85. The van der Waals surface area contributed by atoms with E-state index in [0.717, 1.165) is 7.11 Å². The van der Waals surface area contributed by atoms with E-state index in [2.05, 4.69) is 10.1 Å². The average molecular weight is 307 g/mol. The maximum absolute atomic E-state index is 11.5. The van der Waals surface area contributed by atoms with E-state index >= 15 is 0 Å². The Morgan fingerprint density at radius 3 is 2.52 bits per heavy atom. The summed E-state index contributed by atoms with van der Waals surface area (Å²) in [6, 6.07) is -1.03. The lowest BCUT2D eigenvalue weighted by atomic mass is 9.90. The lowest BCUT2D eigenvalue weighted by molar-refractivity contribution is -0.197. The molecule has 1 aliphatic rings. The SMILES string of the molecule is COC(=O)[C@@H]1C[C@H](O)[C@@H](NC(C)=O)[C@H]([C@H](O)[C@H](O)CO)O1. The number of aliphatic hydroxyl groups is 4. The van der Waals surface area contributed by atoms with E-state index in [9.17, 15) is 24.9 Å². The normalized spacial score (nSPS) is 32.1. The molecule has 1 rings (SSSR count).